The summed E-state index contributed by atoms with van der Waals surface area (Å²) in [5.74, 6) is -2.64. The molecule has 3 N–H and O–H groups in total. The van der Waals surface area contributed by atoms with Crippen LogP contribution < -0.4 is 16.2 Å². The van der Waals surface area contributed by atoms with Gasteiger partial charge in [0.2, 0.25) is 0 Å². The molecule has 0 unspecified atom stereocenters. The molecule has 3 amide bonds. The molecule has 134 valence electrons. The highest BCUT2D eigenvalue weighted by atomic mass is 19.4. The Morgan fingerprint density at radius 3 is 2.52 bits per heavy atom. The zero-order valence-electron chi connectivity index (χ0n) is 12.5. The molecule has 0 aromatic carbocycles. The lowest BCUT2D eigenvalue weighted by Crippen LogP contribution is -2.49. The number of carbonyl (C=O) groups excluding carboxylic acids is 3. The molecule has 2 aromatic rings. The van der Waals surface area contributed by atoms with E-state index in [0.717, 1.165) is 10.9 Å². The fraction of sp³-hybridized carbons (Fsp3) is 0.231. The van der Waals surface area contributed by atoms with Crippen molar-refractivity contribution in [2.24, 2.45) is 0 Å². The van der Waals surface area contributed by atoms with Crippen LogP contribution in [0.25, 0.3) is 0 Å². The smallest absolute Gasteiger partial charge is 0.435 e. The van der Waals surface area contributed by atoms with Gasteiger partial charge in [-0.2, -0.15) is 18.3 Å². The van der Waals surface area contributed by atoms with Crippen LogP contribution in [0.5, 0.6) is 0 Å². The van der Waals surface area contributed by atoms with Gasteiger partial charge < -0.3 is 9.73 Å². The van der Waals surface area contributed by atoms with Crippen molar-refractivity contribution >= 4 is 17.7 Å². The molecule has 0 aliphatic rings. The summed E-state index contributed by atoms with van der Waals surface area (Å²) in [6.07, 6.45) is -2.27. The Balaban J connectivity index is 1.74. The van der Waals surface area contributed by atoms with Crippen LogP contribution in [-0.4, -0.2) is 27.5 Å². The number of nitrogens with zero attached hydrogens (tertiary/aromatic N) is 2. The number of nitrogens with one attached hydrogen (secondary N) is 3. The summed E-state index contributed by atoms with van der Waals surface area (Å²) in [7, 11) is 0. The highest BCUT2D eigenvalue weighted by molar-refractivity contribution is 6.35. The van der Waals surface area contributed by atoms with Gasteiger partial charge in [-0.1, -0.05) is 0 Å². The number of hydrogen-bond donors (Lipinski definition) is 3. The van der Waals surface area contributed by atoms with E-state index in [-0.39, 0.29) is 6.54 Å². The Morgan fingerprint density at radius 2 is 1.92 bits per heavy atom. The van der Waals surface area contributed by atoms with Crippen LogP contribution in [-0.2, 0) is 33.6 Å². The lowest BCUT2D eigenvalue weighted by atomic mass is 10.4. The second kappa shape index (κ2) is 7.51. The molecule has 0 aliphatic carbocycles. The highest BCUT2D eigenvalue weighted by Crippen LogP contribution is 2.27. The third kappa shape index (κ3) is 5.37. The lowest BCUT2D eigenvalue weighted by Gasteiger charge is -2.07. The fourth-order valence-corrected chi connectivity index (χ4v) is 1.63. The maximum absolute atomic E-state index is 12.4. The van der Waals surface area contributed by atoms with Crippen LogP contribution in [0, 0.1) is 0 Å². The Labute approximate surface area is 138 Å². The van der Waals surface area contributed by atoms with E-state index in [0.29, 0.717) is 11.8 Å². The minimum absolute atomic E-state index is 0.0271. The number of hydrogen-bond acceptors (Lipinski definition) is 5. The first-order valence-corrected chi connectivity index (χ1v) is 6.76. The Hall–Kier alpha value is -3.31. The third-order valence-corrected chi connectivity index (χ3v) is 2.76. The number of hydrazine groups is 1. The van der Waals surface area contributed by atoms with E-state index in [1.807, 2.05) is 10.9 Å². The molecule has 0 saturated carbocycles. The molecule has 2 rings (SSSR count). The number of carbonyl (C=O) groups is 3. The highest BCUT2D eigenvalue weighted by Gasteiger charge is 2.33. The molecule has 2 aromatic heterocycles. The topological polar surface area (TPSA) is 118 Å². The zero-order valence-corrected chi connectivity index (χ0v) is 12.5. The van der Waals surface area contributed by atoms with E-state index in [9.17, 15) is 27.6 Å². The molecule has 0 saturated heterocycles. The van der Waals surface area contributed by atoms with Gasteiger partial charge in [-0.05, 0) is 18.2 Å². The SMILES string of the molecule is O=C(Cn1ccc(C(F)(F)F)n1)NNC(=O)C(=O)NCc1ccco1. The number of rotatable bonds is 4. The van der Waals surface area contributed by atoms with E-state index >= 15 is 0 Å². The summed E-state index contributed by atoms with van der Waals surface area (Å²) in [5.41, 5.74) is 2.56. The Morgan fingerprint density at radius 1 is 1.16 bits per heavy atom. The van der Waals surface area contributed by atoms with Crippen molar-refractivity contribution in [3.8, 4) is 0 Å². The van der Waals surface area contributed by atoms with E-state index in [1.54, 1.807) is 12.1 Å². The van der Waals surface area contributed by atoms with Crippen molar-refractivity contribution in [2.75, 3.05) is 0 Å². The molecule has 0 radical (unpaired) electrons. The molecule has 9 nitrogen and oxygen atoms in total. The quantitative estimate of drug-likeness (QED) is 0.523. The van der Waals surface area contributed by atoms with Crippen LogP contribution in [0.2, 0.25) is 0 Å². The predicted molar refractivity (Wildman–Crippen MR) is 74.1 cm³/mol. The van der Waals surface area contributed by atoms with Gasteiger partial charge in [-0.15, -0.1) is 0 Å². The number of amides is 3. The zero-order chi connectivity index (χ0) is 18.4. The molecule has 0 bridgehead atoms. The van der Waals surface area contributed by atoms with Gasteiger partial charge in [0.15, 0.2) is 5.69 Å². The summed E-state index contributed by atoms with van der Waals surface area (Å²) in [4.78, 5) is 34.4. The second-order valence-corrected chi connectivity index (χ2v) is 4.66. The summed E-state index contributed by atoms with van der Waals surface area (Å²) < 4.78 is 42.8. The predicted octanol–water partition coefficient (Wildman–Crippen LogP) is -0.0413. The maximum atomic E-state index is 12.4. The summed E-state index contributed by atoms with van der Waals surface area (Å²) >= 11 is 0. The molecule has 0 fully saturated rings. The Bertz CT molecular complexity index is 754. The van der Waals surface area contributed by atoms with Crippen LogP contribution in [0.3, 0.4) is 0 Å². The molecule has 12 heteroatoms. The van der Waals surface area contributed by atoms with E-state index in [2.05, 4.69) is 10.4 Å². The van der Waals surface area contributed by atoms with Crippen LogP contribution in [0.4, 0.5) is 13.2 Å². The molecule has 25 heavy (non-hydrogen) atoms. The molecule has 0 atom stereocenters. The minimum atomic E-state index is -4.62. The van der Waals surface area contributed by atoms with E-state index in [4.69, 9.17) is 4.42 Å². The van der Waals surface area contributed by atoms with Crippen molar-refractivity contribution in [3.05, 3.63) is 42.1 Å². The fourth-order valence-electron chi connectivity index (χ4n) is 1.63. The molecule has 2 heterocycles. The van der Waals surface area contributed by atoms with E-state index < -0.39 is 36.1 Å². The van der Waals surface area contributed by atoms with Gasteiger partial charge in [0.1, 0.15) is 12.3 Å². The molecule has 0 aliphatic heterocycles. The number of alkyl halides is 3. The average Bonchev–Trinajstić information content (AvgIpc) is 3.21. The van der Waals surface area contributed by atoms with Gasteiger partial charge in [0, 0.05) is 6.20 Å². The number of halogens is 3. The Kier molecular flexibility index (Phi) is 5.41. The summed E-state index contributed by atoms with van der Waals surface area (Å²) in [6.45, 7) is -0.606. The van der Waals surface area contributed by atoms with Gasteiger partial charge in [0.25, 0.3) is 5.91 Å². The summed E-state index contributed by atoms with van der Waals surface area (Å²) in [5, 5.41) is 5.41. The monoisotopic (exact) mass is 359 g/mol. The van der Waals surface area contributed by atoms with Gasteiger partial charge >= 0.3 is 18.0 Å². The van der Waals surface area contributed by atoms with Crippen molar-refractivity contribution in [1.82, 2.24) is 25.9 Å². The first-order chi connectivity index (χ1) is 11.8. The largest absolute Gasteiger partial charge is 0.467 e. The van der Waals surface area contributed by atoms with Crippen LogP contribution >= 0.6 is 0 Å². The lowest BCUT2D eigenvalue weighted by molar-refractivity contribution is -0.142. The third-order valence-electron chi connectivity index (χ3n) is 2.76. The number of furan rings is 1. The molecular formula is C13H12F3N5O4. The second-order valence-electron chi connectivity index (χ2n) is 4.66. The summed E-state index contributed by atoms with van der Waals surface area (Å²) in [6, 6.07) is 3.88. The van der Waals surface area contributed by atoms with Gasteiger partial charge in [-0.25, -0.2) is 0 Å². The van der Waals surface area contributed by atoms with Gasteiger partial charge in [0.05, 0.1) is 12.8 Å². The van der Waals surface area contributed by atoms with Crippen molar-refractivity contribution in [1.29, 1.82) is 0 Å². The van der Waals surface area contributed by atoms with Crippen molar-refractivity contribution in [3.63, 3.8) is 0 Å². The van der Waals surface area contributed by atoms with E-state index in [1.165, 1.54) is 6.26 Å². The molecular weight excluding hydrogens is 347 g/mol. The standard InChI is InChI=1S/C13H12F3N5O4/c14-13(15,16)9-3-4-21(20-9)7-10(22)18-19-12(24)11(23)17-6-8-2-1-5-25-8/h1-5H,6-7H2,(H,17,23)(H,18,22)(H,19,24). The molecule has 0 spiro atoms. The normalized spacial score (nSPS) is 11.0. The van der Waals surface area contributed by atoms with Crippen LogP contribution in [0.15, 0.2) is 35.1 Å². The first-order valence-electron chi connectivity index (χ1n) is 6.76. The first kappa shape index (κ1) is 18.0. The van der Waals surface area contributed by atoms with Crippen LogP contribution in [0.1, 0.15) is 11.5 Å². The average molecular weight is 359 g/mol. The maximum Gasteiger partial charge on any atom is 0.435 e. The van der Waals surface area contributed by atoms with Crippen molar-refractivity contribution < 1.29 is 32.0 Å². The number of aromatic nitrogens is 2. The minimum Gasteiger partial charge on any atom is -0.467 e. The van der Waals surface area contributed by atoms with Crippen molar-refractivity contribution in [2.45, 2.75) is 19.3 Å². The van der Waals surface area contributed by atoms with Gasteiger partial charge in [-0.3, -0.25) is 29.9 Å².